The van der Waals surface area contributed by atoms with E-state index in [0.717, 1.165) is 0 Å². The zero-order valence-electron chi connectivity index (χ0n) is 16.5. The summed E-state index contributed by atoms with van der Waals surface area (Å²) in [6.45, 7) is 7.28. The minimum Gasteiger partial charge on any atom is -0.491 e. The van der Waals surface area contributed by atoms with Crippen molar-refractivity contribution in [2.24, 2.45) is 0 Å². The van der Waals surface area contributed by atoms with Crippen LogP contribution < -0.4 is 10.1 Å². The van der Waals surface area contributed by atoms with Gasteiger partial charge in [0.25, 0.3) is 0 Å². The second-order valence-corrected chi connectivity index (χ2v) is 6.81. The number of benzene rings is 1. The number of hydrogen-bond acceptors (Lipinski definition) is 6. The van der Waals surface area contributed by atoms with Crippen molar-refractivity contribution in [3.05, 3.63) is 51.3 Å². The number of aliphatic hydroxyl groups excluding tert-OH is 1. The number of amides is 1. The highest BCUT2D eigenvalue weighted by atomic mass is 16.6. The standard InChI is InChI=1S/C19H26N4O5/c1-12(2)28-16-7-5-6-15(10-16)17(24)11-20-18(25)8-9-22-14(4)19(23(26)27)13(3)21-22/h5-7,10,12,17,24H,8-9,11H2,1-4H3,(H,20,25). The molecular weight excluding hydrogens is 364 g/mol. The lowest BCUT2D eigenvalue weighted by Crippen LogP contribution is -2.29. The predicted octanol–water partition coefficient (Wildman–Crippen LogP) is 2.44. The third kappa shape index (κ3) is 5.53. The average molecular weight is 390 g/mol. The van der Waals surface area contributed by atoms with Crippen molar-refractivity contribution < 1.29 is 19.6 Å². The number of carbonyl (C=O) groups is 1. The van der Waals surface area contributed by atoms with Gasteiger partial charge in [0, 0.05) is 13.0 Å². The van der Waals surface area contributed by atoms with Gasteiger partial charge in [-0.15, -0.1) is 0 Å². The van der Waals surface area contributed by atoms with Crippen molar-refractivity contribution in [3.8, 4) is 5.75 Å². The maximum Gasteiger partial charge on any atom is 0.312 e. The third-order valence-corrected chi connectivity index (χ3v) is 4.18. The first kappa shape index (κ1) is 21.4. The SMILES string of the molecule is Cc1nn(CCC(=O)NCC(O)c2cccc(OC(C)C)c2)c(C)c1[N+](=O)[O-]. The van der Waals surface area contributed by atoms with Gasteiger partial charge in [0.15, 0.2) is 0 Å². The predicted molar refractivity (Wildman–Crippen MR) is 103 cm³/mol. The van der Waals surface area contributed by atoms with E-state index in [-0.39, 0.29) is 37.2 Å². The molecule has 2 rings (SSSR count). The largest absolute Gasteiger partial charge is 0.491 e. The summed E-state index contributed by atoms with van der Waals surface area (Å²) in [5.74, 6) is 0.382. The average Bonchev–Trinajstić information content (AvgIpc) is 2.91. The first-order valence-corrected chi connectivity index (χ1v) is 9.08. The molecular formula is C19H26N4O5. The summed E-state index contributed by atoms with van der Waals surface area (Å²) in [6.07, 6.45) is -0.741. The zero-order chi connectivity index (χ0) is 20.8. The van der Waals surface area contributed by atoms with E-state index in [2.05, 4.69) is 10.4 Å². The van der Waals surface area contributed by atoms with Crippen LogP contribution in [-0.2, 0) is 11.3 Å². The Labute approximate surface area is 163 Å². The highest BCUT2D eigenvalue weighted by Gasteiger charge is 2.22. The molecule has 1 unspecified atom stereocenters. The van der Waals surface area contributed by atoms with Crippen LogP contribution >= 0.6 is 0 Å². The summed E-state index contributed by atoms with van der Waals surface area (Å²) in [4.78, 5) is 22.6. The third-order valence-electron chi connectivity index (χ3n) is 4.18. The minimum absolute atomic E-state index is 0.0253. The van der Waals surface area contributed by atoms with E-state index in [4.69, 9.17) is 4.74 Å². The van der Waals surface area contributed by atoms with E-state index in [0.29, 0.717) is 22.7 Å². The smallest absolute Gasteiger partial charge is 0.312 e. The van der Waals surface area contributed by atoms with Crippen molar-refractivity contribution in [2.45, 2.75) is 52.9 Å². The summed E-state index contributed by atoms with van der Waals surface area (Å²) in [5.41, 5.74) is 1.35. The summed E-state index contributed by atoms with van der Waals surface area (Å²) in [5, 5.41) is 28.1. The molecule has 0 saturated carbocycles. The summed E-state index contributed by atoms with van der Waals surface area (Å²) >= 11 is 0. The number of aliphatic hydroxyl groups is 1. The summed E-state index contributed by atoms with van der Waals surface area (Å²) in [6, 6.07) is 7.10. The molecule has 1 heterocycles. The van der Waals surface area contributed by atoms with Gasteiger partial charge < -0.3 is 15.2 Å². The van der Waals surface area contributed by atoms with Gasteiger partial charge in [-0.1, -0.05) is 12.1 Å². The lowest BCUT2D eigenvalue weighted by Gasteiger charge is -2.15. The highest BCUT2D eigenvalue weighted by molar-refractivity contribution is 5.75. The van der Waals surface area contributed by atoms with Gasteiger partial charge in [-0.3, -0.25) is 19.6 Å². The Hall–Kier alpha value is -2.94. The number of aryl methyl sites for hydroxylation is 2. The molecule has 1 atom stereocenters. The normalized spacial score (nSPS) is 12.1. The fourth-order valence-corrected chi connectivity index (χ4v) is 2.86. The van der Waals surface area contributed by atoms with E-state index in [1.54, 1.807) is 32.0 Å². The number of nitrogens with zero attached hydrogens (tertiary/aromatic N) is 3. The number of nitro groups is 1. The monoisotopic (exact) mass is 390 g/mol. The molecule has 1 amide bonds. The molecule has 152 valence electrons. The Morgan fingerprint density at radius 2 is 2.11 bits per heavy atom. The Kier molecular flexibility index (Phi) is 7.11. The number of ether oxygens (including phenoxy) is 1. The van der Waals surface area contributed by atoms with Crippen molar-refractivity contribution in [3.63, 3.8) is 0 Å². The van der Waals surface area contributed by atoms with Gasteiger partial charge in [-0.05, 0) is 45.4 Å². The van der Waals surface area contributed by atoms with Gasteiger partial charge in [0.1, 0.15) is 17.1 Å². The van der Waals surface area contributed by atoms with Crippen LogP contribution in [0.1, 0.15) is 43.3 Å². The molecule has 0 aliphatic carbocycles. The topological polar surface area (TPSA) is 120 Å². The molecule has 0 aliphatic rings. The molecule has 0 fully saturated rings. The molecule has 9 nitrogen and oxygen atoms in total. The van der Waals surface area contributed by atoms with Gasteiger partial charge in [0.2, 0.25) is 5.91 Å². The van der Waals surface area contributed by atoms with Crippen LogP contribution in [0, 0.1) is 24.0 Å². The van der Waals surface area contributed by atoms with E-state index < -0.39 is 11.0 Å². The van der Waals surface area contributed by atoms with Crippen LogP contribution in [0.4, 0.5) is 5.69 Å². The van der Waals surface area contributed by atoms with Gasteiger partial charge >= 0.3 is 5.69 Å². The number of hydrogen-bond donors (Lipinski definition) is 2. The lowest BCUT2D eigenvalue weighted by atomic mass is 10.1. The number of nitrogens with one attached hydrogen (secondary N) is 1. The van der Waals surface area contributed by atoms with Crippen LogP contribution in [0.25, 0.3) is 0 Å². The Bertz CT molecular complexity index is 847. The molecule has 0 radical (unpaired) electrons. The second-order valence-electron chi connectivity index (χ2n) is 6.81. The quantitative estimate of drug-likeness (QED) is 0.501. The van der Waals surface area contributed by atoms with Crippen molar-refractivity contribution >= 4 is 11.6 Å². The van der Waals surface area contributed by atoms with Gasteiger partial charge in [-0.2, -0.15) is 5.10 Å². The van der Waals surface area contributed by atoms with E-state index in [1.807, 2.05) is 19.9 Å². The van der Waals surface area contributed by atoms with E-state index in [9.17, 15) is 20.0 Å². The Morgan fingerprint density at radius 3 is 2.71 bits per heavy atom. The molecule has 1 aromatic heterocycles. The fraction of sp³-hybridized carbons (Fsp3) is 0.474. The van der Waals surface area contributed by atoms with Crippen LogP contribution in [0.15, 0.2) is 24.3 Å². The molecule has 0 bridgehead atoms. The molecule has 0 aliphatic heterocycles. The number of carbonyl (C=O) groups excluding carboxylic acids is 1. The van der Waals surface area contributed by atoms with Crippen LogP contribution in [0.5, 0.6) is 5.75 Å². The maximum absolute atomic E-state index is 12.1. The summed E-state index contributed by atoms with van der Waals surface area (Å²) < 4.78 is 7.06. The van der Waals surface area contributed by atoms with Crippen LogP contribution in [0.3, 0.4) is 0 Å². The van der Waals surface area contributed by atoms with Crippen molar-refractivity contribution in [2.75, 3.05) is 6.54 Å². The van der Waals surface area contributed by atoms with E-state index in [1.165, 1.54) is 4.68 Å². The molecule has 0 spiro atoms. The van der Waals surface area contributed by atoms with Crippen molar-refractivity contribution in [1.29, 1.82) is 0 Å². The fourth-order valence-electron chi connectivity index (χ4n) is 2.86. The van der Waals surface area contributed by atoms with Crippen molar-refractivity contribution in [1.82, 2.24) is 15.1 Å². The van der Waals surface area contributed by atoms with Gasteiger partial charge in [0.05, 0.1) is 23.7 Å². The molecule has 2 aromatic rings. The molecule has 28 heavy (non-hydrogen) atoms. The minimum atomic E-state index is -0.866. The second kappa shape index (κ2) is 9.32. The first-order valence-electron chi connectivity index (χ1n) is 9.08. The highest BCUT2D eigenvalue weighted by Crippen LogP contribution is 2.22. The zero-order valence-corrected chi connectivity index (χ0v) is 16.5. The molecule has 2 N–H and O–H groups in total. The molecule has 0 saturated heterocycles. The Morgan fingerprint density at radius 1 is 1.39 bits per heavy atom. The number of rotatable bonds is 9. The molecule has 9 heteroatoms. The van der Waals surface area contributed by atoms with Crippen LogP contribution in [-0.4, -0.2) is 38.4 Å². The number of aromatic nitrogens is 2. The Balaban J connectivity index is 1.87. The lowest BCUT2D eigenvalue weighted by molar-refractivity contribution is -0.386. The van der Waals surface area contributed by atoms with E-state index >= 15 is 0 Å². The molecule has 1 aromatic carbocycles. The summed E-state index contributed by atoms with van der Waals surface area (Å²) in [7, 11) is 0. The maximum atomic E-state index is 12.1. The van der Waals surface area contributed by atoms with Crippen LogP contribution in [0.2, 0.25) is 0 Å². The first-order chi connectivity index (χ1) is 13.2. The van der Waals surface area contributed by atoms with Gasteiger partial charge in [-0.25, -0.2) is 0 Å².